The topological polar surface area (TPSA) is 217 Å². The molecule has 1 unspecified atom stereocenters. The molecule has 3 aromatic rings. The summed E-state index contributed by atoms with van der Waals surface area (Å²) in [6.45, 7) is 2.93. The van der Waals surface area contributed by atoms with E-state index in [1.165, 1.54) is 24.3 Å². The molecule has 0 radical (unpaired) electrons. The molecule has 1 atom stereocenters. The summed E-state index contributed by atoms with van der Waals surface area (Å²) in [5.41, 5.74) is 1.70. The van der Waals surface area contributed by atoms with Gasteiger partial charge in [0, 0.05) is 31.4 Å². The first-order valence-corrected chi connectivity index (χ1v) is 20.2. The van der Waals surface area contributed by atoms with Crippen LogP contribution in [0.2, 0.25) is 0 Å². The van der Waals surface area contributed by atoms with Gasteiger partial charge in [0.15, 0.2) is 0 Å². The summed E-state index contributed by atoms with van der Waals surface area (Å²) in [4.78, 5) is 100. The molecule has 5 rings (SSSR count). The van der Waals surface area contributed by atoms with E-state index in [0.29, 0.717) is 30.9 Å². The van der Waals surface area contributed by atoms with Crippen LogP contribution in [0.15, 0.2) is 60.7 Å². The number of nitrogens with zero attached hydrogens (tertiary/aromatic N) is 1. The first-order chi connectivity index (χ1) is 28.4. The third-order valence-electron chi connectivity index (χ3n) is 10.2. The summed E-state index contributed by atoms with van der Waals surface area (Å²) >= 11 is 0. The Balaban J connectivity index is 0.853. The Kier molecular flexibility index (Phi) is 15.9. The second-order valence-electron chi connectivity index (χ2n) is 14.8. The molecule has 15 heteroatoms. The summed E-state index contributed by atoms with van der Waals surface area (Å²) in [7, 11) is 0. The Morgan fingerprint density at radius 2 is 1.44 bits per heavy atom. The smallest absolute Gasteiger partial charge is 0.337 e. The van der Waals surface area contributed by atoms with Gasteiger partial charge in [0.25, 0.3) is 17.7 Å². The Bertz CT molecular complexity index is 2060. The molecule has 5 N–H and O–H groups in total. The van der Waals surface area contributed by atoms with Crippen molar-refractivity contribution in [3.63, 3.8) is 0 Å². The number of rotatable bonds is 22. The van der Waals surface area contributed by atoms with Crippen molar-refractivity contribution < 1.29 is 48.2 Å². The number of imide groups is 2. The minimum atomic E-state index is -1.11. The number of aromatic carboxylic acids is 1. The number of unbranched alkanes of at least 4 members (excludes halogenated alkanes) is 8. The number of amides is 7. The predicted octanol–water partition coefficient (Wildman–Crippen LogP) is 6.16. The van der Waals surface area contributed by atoms with Crippen LogP contribution in [0.4, 0.5) is 11.4 Å². The van der Waals surface area contributed by atoms with Crippen LogP contribution >= 0.6 is 0 Å². The Hall–Kier alpha value is -6.38. The molecule has 3 aromatic carbocycles. The van der Waals surface area contributed by atoms with Gasteiger partial charge in [-0.1, -0.05) is 62.6 Å². The summed E-state index contributed by atoms with van der Waals surface area (Å²) in [5, 5.41) is 19.8. The van der Waals surface area contributed by atoms with E-state index in [4.69, 9.17) is 4.74 Å². The van der Waals surface area contributed by atoms with Crippen molar-refractivity contribution in [2.75, 3.05) is 23.8 Å². The van der Waals surface area contributed by atoms with Gasteiger partial charge in [0.1, 0.15) is 11.8 Å². The van der Waals surface area contributed by atoms with E-state index in [0.717, 1.165) is 68.3 Å². The van der Waals surface area contributed by atoms with E-state index in [1.54, 1.807) is 43.3 Å². The number of carboxylic acids is 1. The van der Waals surface area contributed by atoms with Gasteiger partial charge >= 0.3 is 5.97 Å². The lowest BCUT2D eigenvalue weighted by Crippen LogP contribution is -2.54. The van der Waals surface area contributed by atoms with E-state index in [1.807, 2.05) is 0 Å². The Morgan fingerprint density at radius 3 is 2.14 bits per heavy atom. The van der Waals surface area contributed by atoms with E-state index in [-0.39, 0.29) is 59.7 Å². The van der Waals surface area contributed by atoms with E-state index in [2.05, 4.69) is 21.3 Å². The number of anilines is 2. The summed E-state index contributed by atoms with van der Waals surface area (Å²) in [6.07, 6.45) is 10.0. The number of fused-ring (bicyclic) bond motifs is 1. The average Bonchev–Trinajstić information content (AvgIpc) is 3.46. The molecule has 2 aliphatic heterocycles. The zero-order valence-electron chi connectivity index (χ0n) is 33.2. The SMILES string of the molecule is Cc1ccc(NC(=O)c2ccc(OCCCCCCCCCCCNC(=O)CCCC(=O)Nc3cccc4c3C(=O)N(C3CCC(=O)NC3=O)C4=O)cc2)c(C(=O)O)c1. The van der Waals surface area contributed by atoms with Gasteiger partial charge in [-0.05, 0) is 81.1 Å². The number of aryl methyl sites for hydroxylation is 1. The van der Waals surface area contributed by atoms with Crippen molar-refractivity contribution in [3.8, 4) is 5.75 Å². The lowest BCUT2D eigenvalue weighted by Gasteiger charge is -2.27. The van der Waals surface area contributed by atoms with Crippen molar-refractivity contribution in [2.45, 2.75) is 103 Å². The molecule has 2 aliphatic rings. The van der Waals surface area contributed by atoms with Gasteiger partial charge in [0.05, 0.1) is 34.7 Å². The number of hydrogen-bond acceptors (Lipinski definition) is 9. The lowest BCUT2D eigenvalue weighted by atomic mass is 10.0. The summed E-state index contributed by atoms with van der Waals surface area (Å²) < 4.78 is 5.83. The molecular weight excluding hydrogens is 759 g/mol. The van der Waals surface area contributed by atoms with Crippen LogP contribution in [0.1, 0.15) is 137 Å². The molecule has 7 amide bonds. The maximum absolute atomic E-state index is 13.2. The van der Waals surface area contributed by atoms with Gasteiger partial charge in [-0.2, -0.15) is 0 Å². The van der Waals surface area contributed by atoms with Crippen LogP contribution in [-0.4, -0.2) is 76.5 Å². The van der Waals surface area contributed by atoms with Crippen molar-refractivity contribution in [1.82, 2.24) is 15.5 Å². The summed E-state index contributed by atoms with van der Waals surface area (Å²) in [6, 6.07) is 15.0. The quantitative estimate of drug-likeness (QED) is 0.0575. The molecular formula is C44H51N5O10. The fourth-order valence-corrected chi connectivity index (χ4v) is 7.05. The molecule has 59 heavy (non-hydrogen) atoms. The number of nitrogens with one attached hydrogen (secondary N) is 4. The molecule has 1 saturated heterocycles. The summed E-state index contributed by atoms with van der Waals surface area (Å²) in [5.74, 6) is -3.93. The van der Waals surface area contributed by atoms with Crippen LogP contribution in [-0.2, 0) is 19.2 Å². The number of carbonyl (C=O) groups excluding carboxylic acids is 7. The van der Waals surface area contributed by atoms with Crippen LogP contribution in [0.5, 0.6) is 5.75 Å². The fourth-order valence-electron chi connectivity index (χ4n) is 7.05. The Morgan fingerprint density at radius 1 is 0.763 bits per heavy atom. The number of hydrogen-bond donors (Lipinski definition) is 5. The van der Waals surface area contributed by atoms with Crippen LogP contribution < -0.4 is 26.0 Å². The minimum Gasteiger partial charge on any atom is -0.494 e. The standard InChI is InChI=1S/C44H51N5O10/c1-28-17-22-33(32(27-28)44(57)58)47-40(53)29-18-20-30(21-19-29)59-26-10-8-6-4-2-3-5-7-9-25-45-36(50)15-12-16-37(51)46-34-14-11-13-31-39(34)43(56)49(42(31)55)35-23-24-38(52)48-41(35)54/h11,13-14,17-22,27,35H,2-10,12,15-16,23-26H2,1H3,(H,45,50)(H,46,51)(H,47,53)(H,57,58)(H,48,52,54). The second kappa shape index (κ2) is 21.4. The highest BCUT2D eigenvalue weighted by atomic mass is 16.5. The highest BCUT2D eigenvalue weighted by Crippen LogP contribution is 2.32. The molecule has 312 valence electrons. The average molecular weight is 810 g/mol. The predicted molar refractivity (Wildman–Crippen MR) is 218 cm³/mol. The molecule has 15 nitrogen and oxygen atoms in total. The van der Waals surface area contributed by atoms with E-state index in [9.17, 15) is 43.5 Å². The molecule has 2 heterocycles. The van der Waals surface area contributed by atoms with Crippen molar-refractivity contribution in [2.24, 2.45) is 0 Å². The van der Waals surface area contributed by atoms with Crippen LogP contribution in [0, 0.1) is 6.92 Å². The number of benzene rings is 3. The van der Waals surface area contributed by atoms with Crippen molar-refractivity contribution in [3.05, 3.63) is 88.5 Å². The largest absolute Gasteiger partial charge is 0.494 e. The highest BCUT2D eigenvalue weighted by molar-refractivity contribution is 6.26. The molecule has 0 spiro atoms. The third-order valence-corrected chi connectivity index (χ3v) is 10.2. The van der Waals surface area contributed by atoms with E-state index < -0.39 is 47.5 Å². The zero-order chi connectivity index (χ0) is 42.3. The zero-order valence-corrected chi connectivity index (χ0v) is 33.2. The second-order valence-corrected chi connectivity index (χ2v) is 14.8. The number of ether oxygens (including phenoxy) is 1. The number of piperidine rings is 1. The van der Waals surface area contributed by atoms with Gasteiger partial charge in [0.2, 0.25) is 23.6 Å². The Labute approximate surface area is 342 Å². The molecule has 0 bridgehead atoms. The maximum atomic E-state index is 13.2. The first-order valence-electron chi connectivity index (χ1n) is 20.2. The molecule has 0 aliphatic carbocycles. The van der Waals surface area contributed by atoms with Crippen LogP contribution in [0.3, 0.4) is 0 Å². The van der Waals surface area contributed by atoms with Crippen molar-refractivity contribution >= 4 is 58.7 Å². The van der Waals surface area contributed by atoms with Gasteiger partial charge in [-0.3, -0.25) is 43.8 Å². The molecule has 0 aromatic heterocycles. The van der Waals surface area contributed by atoms with Crippen LogP contribution in [0.25, 0.3) is 0 Å². The lowest BCUT2D eigenvalue weighted by molar-refractivity contribution is -0.136. The van der Waals surface area contributed by atoms with Crippen molar-refractivity contribution in [1.29, 1.82) is 0 Å². The molecule has 1 fully saturated rings. The van der Waals surface area contributed by atoms with E-state index >= 15 is 0 Å². The number of carboxylic acid groups (broad SMARTS) is 1. The fraction of sp³-hybridized carbons (Fsp3) is 0.409. The number of carbonyl (C=O) groups is 8. The van der Waals surface area contributed by atoms with Gasteiger partial charge in [-0.15, -0.1) is 0 Å². The molecule has 0 saturated carbocycles. The van der Waals surface area contributed by atoms with Gasteiger partial charge in [-0.25, -0.2) is 4.79 Å². The normalized spacial score (nSPS) is 14.7. The minimum absolute atomic E-state index is 0.00178. The van der Waals surface area contributed by atoms with Gasteiger partial charge < -0.3 is 25.8 Å². The monoisotopic (exact) mass is 809 g/mol. The highest BCUT2D eigenvalue weighted by Gasteiger charge is 2.45. The maximum Gasteiger partial charge on any atom is 0.337 e. The first kappa shape index (κ1) is 43.7. The third kappa shape index (κ3) is 12.3.